The van der Waals surface area contributed by atoms with Gasteiger partial charge in [-0.1, -0.05) is 43.2 Å². The normalized spacial score (nSPS) is 16.1. The number of rotatable bonds is 6. The van der Waals surface area contributed by atoms with Crippen molar-refractivity contribution >= 4 is 32.9 Å². The van der Waals surface area contributed by atoms with Crippen LogP contribution < -0.4 is 0 Å². The number of thioether (sulfide) groups is 1. The second-order valence-electron chi connectivity index (χ2n) is 7.01. The minimum atomic E-state index is -3.51. The monoisotopic (exact) mass is 417 g/mol. The van der Waals surface area contributed by atoms with Crippen LogP contribution in [0.3, 0.4) is 0 Å². The summed E-state index contributed by atoms with van der Waals surface area (Å²) in [5, 5.41) is 0.738. The van der Waals surface area contributed by atoms with Gasteiger partial charge < -0.3 is 4.42 Å². The summed E-state index contributed by atoms with van der Waals surface area (Å²) in [6.45, 7) is 0. The quantitative estimate of drug-likeness (QED) is 0.551. The van der Waals surface area contributed by atoms with Gasteiger partial charge in [0.05, 0.1) is 10.8 Å². The summed E-state index contributed by atoms with van der Waals surface area (Å²) in [5.74, 6) is 1.16. The molecular weight excluding hydrogens is 394 g/mol. The lowest BCUT2D eigenvalue weighted by Crippen LogP contribution is -2.38. The van der Waals surface area contributed by atoms with E-state index in [4.69, 9.17) is 4.42 Å². The highest BCUT2D eigenvalue weighted by atomic mass is 32.2. The topological polar surface area (TPSA) is 76.3 Å². The van der Waals surface area contributed by atoms with E-state index >= 15 is 0 Å². The Bertz CT molecular complexity index is 1010. The Morgan fingerprint density at radius 2 is 1.93 bits per heavy atom. The van der Waals surface area contributed by atoms with Crippen molar-refractivity contribution in [3.8, 4) is 0 Å². The molecular formula is C20H23N3O3S2. The summed E-state index contributed by atoms with van der Waals surface area (Å²) in [5.41, 5.74) is 1.59. The molecule has 0 N–H and O–H groups in total. The first-order valence-electron chi connectivity index (χ1n) is 9.45. The lowest BCUT2D eigenvalue weighted by molar-refractivity contribution is 0.285. The molecule has 0 spiro atoms. The highest BCUT2D eigenvalue weighted by Gasteiger charge is 2.29. The molecule has 0 atom stereocenters. The van der Waals surface area contributed by atoms with Gasteiger partial charge in [0.25, 0.3) is 0 Å². The van der Waals surface area contributed by atoms with Crippen LogP contribution in [-0.2, 0) is 15.8 Å². The van der Waals surface area contributed by atoms with Crippen LogP contribution in [0.4, 0.5) is 0 Å². The number of hydrogen-bond donors (Lipinski definition) is 0. The van der Waals surface area contributed by atoms with Crippen molar-refractivity contribution in [1.82, 2.24) is 14.3 Å². The highest BCUT2D eigenvalue weighted by Crippen LogP contribution is 2.28. The zero-order chi connectivity index (χ0) is 19.6. The van der Waals surface area contributed by atoms with Gasteiger partial charge in [-0.15, -0.1) is 0 Å². The van der Waals surface area contributed by atoms with Crippen LogP contribution in [0.15, 0.2) is 56.9 Å². The molecule has 1 saturated carbocycles. The average Bonchev–Trinajstić information content (AvgIpc) is 3.15. The molecule has 1 aliphatic carbocycles. The van der Waals surface area contributed by atoms with E-state index in [1.54, 1.807) is 19.2 Å². The minimum Gasteiger partial charge on any atom is -0.440 e. The standard InChI is InChI=1S/C20H23N3O3S2/c1-23(15-7-3-2-4-8-15)28(24,25)16-11-12-20(21-13-16)27-14-19-22-17-9-5-6-10-18(17)26-19/h5-6,9-13,15H,2-4,7-8,14H2,1H3. The van der Waals surface area contributed by atoms with Gasteiger partial charge in [-0.05, 0) is 37.1 Å². The fourth-order valence-electron chi connectivity index (χ4n) is 3.53. The number of pyridine rings is 1. The van der Waals surface area contributed by atoms with E-state index in [-0.39, 0.29) is 10.9 Å². The fourth-order valence-corrected chi connectivity index (χ4v) is 5.58. The van der Waals surface area contributed by atoms with E-state index in [2.05, 4.69) is 9.97 Å². The van der Waals surface area contributed by atoms with Crippen molar-refractivity contribution in [2.75, 3.05) is 7.05 Å². The van der Waals surface area contributed by atoms with Crippen molar-refractivity contribution in [2.24, 2.45) is 0 Å². The van der Waals surface area contributed by atoms with Gasteiger partial charge in [-0.25, -0.2) is 18.4 Å². The lowest BCUT2D eigenvalue weighted by Gasteiger charge is -2.30. The third-order valence-electron chi connectivity index (χ3n) is 5.16. The first-order chi connectivity index (χ1) is 13.5. The largest absolute Gasteiger partial charge is 0.440 e. The van der Waals surface area contributed by atoms with Crippen molar-refractivity contribution in [2.45, 2.75) is 53.8 Å². The first-order valence-corrected chi connectivity index (χ1v) is 11.9. The van der Waals surface area contributed by atoms with Crippen LogP contribution in [0.25, 0.3) is 11.1 Å². The maximum absolute atomic E-state index is 12.9. The molecule has 2 aromatic heterocycles. The molecule has 0 saturated heterocycles. The summed E-state index contributed by atoms with van der Waals surface area (Å²) in [4.78, 5) is 9.01. The summed E-state index contributed by atoms with van der Waals surface area (Å²) in [6.07, 6.45) is 6.69. The van der Waals surface area contributed by atoms with Gasteiger partial charge in [-0.3, -0.25) is 0 Å². The van der Waals surface area contributed by atoms with Gasteiger partial charge >= 0.3 is 0 Å². The minimum absolute atomic E-state index is 0.0898. The molecule has 6 nitrogen and oxygen atoms in total. The summed E-state index contributed by atoms with van der Waals surface area (Å²) in [7, 11) is -1.83. The predicted molar refractivity (Wildman–Crippen MR) is 110 cm³/mol. The Hall–Kier alpha value is -1.90. The van der Waals surface area contributed by atoms with Crippen molar-refractivity contribution < 1.29 is 12.8 Å². The van der Waals surface area contributed by atoms with Crippen molar-refractivity contribution in [3.63, 3.8) is 0 Å². The Labute approximate surface area is 169 Å². The molecule has 0 radical (unpaired) electrons. The molecule has 0 aliphatic heterocycles. The van der Waals surface area contributed by atoms with Gasteiger partial charge in [0.2, 0.25) is 15.9 Å². The highest BCUT2D eigenvalue weighted by molar-refractivity contribution is 7.98. The number of sulfonamides is 1. The van der Waals surface area contributed by atoms with Crippen LogP contribution in [0.2, 0.25) is 0 Å². The second kappa shape index (κ2) is 8.23. The molecule has 0 amide bonds. The molecule has 3 aromatic rings. The molecule has 8 heteroatoms. The molecule has 1 aliphatic rings. The van der Waals surface area contributed by atoms with Gasteiger partial charge in [0.15, 0.2) is 5.58 Å². The predicted octanol–water partition coefficient (Wildman–Crippen LogP) is 4.47. The number of para-hydroxylation sites is 2. The second-order valence-corrected chi connectivity index (χ2v) is 10.0. The SMILES string of the molecule is CN(C1CCCCC1)S(=O)(=O)c1ccc(SCc2nc3ccccc3o2)nc1. The van der Waals surface area contributed by atoms with Crippen LogP contribution >= 0.6 is 11.8 Å². The van der Waals surface area contributed by atoms with Gasteiger partial charge in [-0.2, -0.15) is 4.31 Å². The summed E-state index contributed by atoms with van der Waals surface area (Å²) in [6, 6.07) is 11.1. The number of fused-ring (bicyclic) bond motifs is 1. The number of hydrogen-bond acceptors (Lipinski definition) is 6. The third-order valence-corrected chi connectivity index (χ3v) is 7.98. The molecule has 0 unspecified atom stereocenters. The smallest absolute Gasteiger partial charge is 0.244 e. The number of oxazole rings is 1. The maximum atomic E-state index is 12.9. The maximum Gasteiger partial charge on any atom is 0.244 e. The molecule has 148 valence electrons. The molecule has 1 fully saturated rings. The van der Waals surface area contributed by atoms with Crippen LogP contribution in [0, 0.1) is 0 Å². The van der Waals surface area contributed by atoms with E-state index in [0.717, 1.165) is 41.8 Å². The van der Waals surface area contributed by atoms with Gasteiger partial charge in [0, 0.05) is 19.3 Å². The van der Waals surface area contributed by atoms with E-state index < -0.39 is 10.0 Å². The fraction of sp³-hybridized carbons (Fsp3) is 0.400. The van der Waals surface area contributed by atoms with Crippen LogP contribution in [0.1, 0.15) is 38.0 Å². The average molecular weight is 418 g/mol. The van der Waals surface area contributed by atoms with Crippen molar-refractivity contribution in [3.05, 3.63) is 48.5 Å². The number of aromatic nitrogens is 2. The molecule has 2 heterocycles. The third kappa shape index (κ3) is 4.09. The van der Waals surface area contributed by atoms with Gasteiger partial charge in [0.1, 0.15) is 10.4 Å². The Balaban J connectivity index is 1.42. The first kappa shape index (κ1) is 19.4. The zero-order valence-electron chi connectivity index (χ0n) is 15.7. The van der Waals surface area contributed by atoms with E-state index in [9.17, 15) is 8.42 Å². The Morgan fingerprint density at radius 1 is 1.14 bits per heavy atom. The molecule has 4 rings (SSSR count). The lowest BCUT2D eigenvalue weighted by atomic mass is 9.96. The van der Waals surface area contributed by atoms with Crippen molar-refractivity contribution in [1.29, 1.82) is 0 Å². The van der Waals surface area contributed by atoms with Crippen LogP contribution in [0.5, 0.6) is 0 Å². The Kier molecular flexibility index (Phi) is 5.70. The number of nitrogens with zero attached hydrogens (tertiary/aromatic N) is 3. The van der Waals surface area contributed by atoms with E-state index in [0.29, 0.717) is 11.6 Å². The Morgan fingerprint density at radius 3 is 2.64 bits per heavy atom. The molecule has 1 aromatic carbocycles. The molecule has 0 bridgehead atoms. The van der Waals surface area contributed by atoms with E-state index in [1.165, 1.54) is 28.7 Å². The van der Waals surface area contributed by atoms with Crippen LogP contribution in [-0.4, -0.2) is 35.8 Å². The molecule has 28 heavy (non-hydrogen) atoms. The summed E-state index contributed by atoms with van der Waals surface area (Å²) < 4.78 is 33.0. The van der Waals surface area contributed by atoms with E-state index in [1.807, 2.05) is 24.3 Å². The number of benzene rings is 1. The summed E-state index contributed by atoms with van der Waals surface area (Å²) >= 11 is 1.47. The zero-order valence-corrected chi connectivity index (χ0v) is 17.4.